The zero-order chi connectivity index (χ0) is 9.97. The largest absolute Gasteiger partial charge is 0.394 e. The number of rotatable bonds is 3. The molecule has 0 unspecified atom stereocenters. The van der Waals surface area contributed by atoms with Crippen LogP contribution in [0.3, 0.4) is 0 Å². The van der Waals surface area contributed by atoms with Crippen LogP contribution in [0.1, 0.15) is 0 Å². The molecule has 0 aliphatic rings. The van der Waals surface area contributed by atoms with Crippen molar-refractivity contribution in [2.24, 2.45) is 5.84 Å². The van der Waals surface area contributed by atoms with Crippen molar-refractivity contribution in [3.8, 4) is 0 Å². The van der Waals surface area contributed by atoms with Crippen molar-refractivity contribution >= 4 is 29.1 Å². The molecule has 0 atom stereocenters. The minimum atomic E-state index is 0. The van der Waals surface area contributed by atoms with Crippen molar-refractivity contribution in [2.75, 3.05) is 12.0 Å². The van der Waals surface area contributed by atoms with Crippen LogP contribution in [0.5, 0.6) is 0 Å². The minimum absolute atomic E-state index is 0. The Kier molecular flexibility index (Phi) is 3.84. The van der Waals surface area contributed by atoms with Gasteiger partial charge in [-0.3, -0.25) is 5.84 Å². The zero-order valence-electron chi connectivity index (χ0n) is 7.92. The van der Waals surface area contributed by atoms with Crippen LogP contribution in [-0.4, -0.2) is 26.7 Å². The lowest BCUT2D eigenvalue weighted by molar-refractivity contribution is 0.270. The number of nitrogen functional groups attached to an aromatic ring is 1. The summed E-state index contributed by atoms with van der Waals surface area (Å²) in [5.41, 5.74) is 4.96. The van der Waals surface area contributed by atoms with Gasteiger partial charge in [0.15, 0.2) is 0 Å². The van der Waals surface area contributed by atoms with Crippen LogP contribution in [0.4, 0.5) is 5.69 Å². The molecule has 82 valence electrons. The first kappa shape index (κ1) is 11.7. The van der Waals surface area contributed by atoms with E-state index in [1.807, 2.05) is 12.1 Å². The summed E-state index contributed by atoms with van der Waals surface area (Å²) in [5, 5.41) is 16.6. The molecule has 2 rings (SSSR count). The molecule has 0 bridgehead atoms. The van der Waals surface area contributed by atoms with Gasteiger partial charge in [0.2, 0.25) is 0 Å². The topological polar surface area (TPSA) is 89.0 Å². The SMILES string of the molecule is Cl.NNc1ccc2c(c1)nnn2CCO. The first-order valence-electron chi connectivity index (χ1n) is 4.26. The number of hydrogen-bond acceptors (Lipinski definition) is 5. The Hall–Kier alpha value is -1.37. The highest BCUT2D eigenvalue weighted by Crippen LogP contribution is 2.15. The van der Waals surface area contributed by atoms with E-state index in [0.717, 1.165) is 16.7 Å². The van der Waals surface area contributed by atoms with Crippen LogP contribution in [-0.2, 0) is 6.54 Å². The molecule has 15 heavy (non-hydrogen) atoms. The number of nitrogens with two attached hydrogens (primary N) is 1. The van der Waals surface area contributed by atoms with Crippen LogP contribution in [0.2, 0.25) is 0 Å². The normalized spacial score (nSPS) is 10.0. The molecule has 0 spiro atoms. The van der Waals surface area contributed by atoms with Gasteiger partial charge in [-0.25, -0.2) is 4.68 Å². The summed E-state index contributed by atoms with van der Waals surface area (Å²) in [7, 11) is 0. The van der Waals surface area contributed by atoms with Gasteiger partial charge in [0.05, 0.1) is 24.4 Å². The number of hydrogen-bond donors (Lipinski definition) is 3. The first-order chi connectivity index (χ1) is 6.85. The molecular formula is C8H12ClN5O. The minimum Gasteiger partial charge on any atom is -0.394 e. The number of aliphatic hydroxyl groups is 1. The van der Waals surface area contributed by atoms with Gasteiger partial charge in [0.25, 0.3) is 0 Å². The molecule has 1 aromatic heterocycles. The van der Waals surface area contributed by atoms with Gasteiger partial charge >= 0.3 is 0 Å². The van der Waals surface area contributed by atoms with Gasteiger partial charge in [-0.05, 0) is 18.2 Å². The highest BCUT2D eigenvalue weighted by atomic mass is 35.5. The average molecular weight is 230 g/mol. The third kappa shape index (κ3) is 2.17. The molecule has 0 radical (unpaired) electrons. The number of benzene rings is 1. The fourth-order valence-corrected chi connectivity index (χ4v) is 1.32. The van der Waals surface area contributed by atoms with Crippen molar-refractivity contribution in [2.45, 2.75) is 6.54 Å². The van der Waals surface area contributed by atoms with Crippen LogP contribution in [0.15, 0.2) is 18.2 Å². The third-order valence-corrected chi connectivity index (χ3v) is 1.99. The van der Waals surface area contributed by atoms with Gasteiger partial charge in [0, 0.05) is 0 Å². The molecule has 0 fully saturated rings. The molecule has 6 nitrogen and oxygen atoms in total. The lowest BCUT2D eigenvalue weighted by atomic mass is 10.3. The van der Waals surface area contributed by atoms with E-state index in [1.54, 1.807) is 10.7 Å². The Bertz CT molecular complexity index is 444. The van der Waals surface area contributed by atoms with Gasteiger partial charge in [-0.1, -0.05) is 5.21 Å². The molecule has 0 saturated heterocycles. The van der Waals surface area contributed by atoms with E-state index < -0.39 is 0 Å². The van der Waals surface area contributed by atoms with Crippen molar-refractivity contribution in [3.63, 3.8) is 0 Å². The van der Waals surface area contributed by atoms with Gasteiger partial charge in [0.1, 0.15) is 5.52 Å². The smallest absolute Gasteiger partial charge is 0.115 e. The Balaban J connectivity index is 0.00000112. The number of halogens is 1. The van der Waals surface area contributed by atoms with Gasteiger partial charge in [-0.15, -0.1) is 17.5 Å². The average Bonchev–Trinajstić information content (AvgIpc) is 2.61. The standard InChI is InChI=1S/C8H11N5O.ClH/c9-10-6-1-2-8-7(5-6)11-12-13(8)3-4-14;/h1-2,5,10,14H,3-4,9H2;1H. The Morgan fingerprint density at radius 3 is 2.93 bits per heavy atom. The molecule has 0 aliphatic carbocycles. The fraction of sp³-hybridized carbons (Fsp3) is 0.250. The van der Waals surface area contributed by atoms with Crippen LogP contribution in [0.25, 0.3) is 11.0 Å². The molecule has 0 aliphatic heterocycles. The van der Waals surface area contributed by atoms with Gasteiger partial charge in [-0.2, -0.15) is 0 Å². The van der Waals surface area contributed by atoms with Crippen molar-refractivity contribution in [1.29, 1.82) is 0 Å². The number of aromatic nitrogens is 3. The third-order valence-electron chi connectivity index (χ3n) is 1.99. The molecule has 1 aromatic carbocycles. The van der Waals surface area contributed by atoms with Gasteiger partial charge < -0.3 is 10.5 Å². The quantitative estimate of drug-likeness (QED) is 0.514. The summed E-state index contributed by atoms with van der Waals surface area (Å²) < 4.78 is 1.65. The summed E-state index contributed by atoms with van der Waals surface area (Å²) in [4.78, 5) is 0. The maximum absolute atomic E-state index is 8.78. The summed E-state index contributed by atoms with van der Waals surface area (Å²) in [6.45, 7) is 0.501. The zero-order valence-corrected chi connectivity index (χ0v) is 8.74. The molecule has 7 heteroatoms. The van der Waals surface area contributed by atoms with E-state index in [9.17, 15) is 0 Å². The molecule has 0 amide bonds. The van der Waals surface area contributed by atoms with E-state index in [0.29, 0.717) is 6.54 Å². The predicted octanol–water partition coefficient (Wildman–Crippen LogP) is 0.131. The molecule has 2 aromatic rings. The van der Waals surface area contributed by atoms with Crippen molar-refractivity contribution in [1.82, 2.24) is 15.0 Å². The van der Waals surface area contributed by atoms with E-state index in [-0.39, 0.29) is 19.0 Å². The Morgan fingerprint density at radius 2 is 2.27 bits per heavy atom. The summed E-state index contributed by atoms with van der Waals surface area (Å²) in [6, 6.07) is 5.50. The number of hydrazine groups is 1. The lowest BCUT2D eigenvalue weighted by Gasteiger charge is -2.00. The van der Waals surface area contributed by atoms with Crippen molar-refractivity contribution in [3.05, 3.63) is 18.2 Å². The highest BCUT2D eigenvalue weighted by Gasteiger charge is 2.03. The summed E-state index contributed by atoms with van der Waals surface area (Å²) >= 11 is 0. The van der Waals surface area contributed by atoms with E-state index in [4.69, 9.17) is 10.9 Å². The maximum atomic E-state index is 8.78. The van der Waals surface area contributed by atoms with Crippen LogP contribution in [0, 0.1) is 0 Å². The number of nitrogens with zero attached hydrogens (tertiary/aromatic N) is 3. The maximum Gasteiger partial charge on any atom is 0.115 e. The van der Waals surface area contributed by atoms with Crippen LogP contribution >= 0.6 is 12.4 Å². The van der Waals surface area contributed by atoms with E-state index in [2.05, 4.69) is 15.7 Å². The van der Waals surface area contributed by atoms with E-state index in [1.165, 1.54) is 0 Å². The lowest BCUT2D eigenvalue weighted by Crippen LogP contribution is -2.06. The highest BCUT2D eigenvalue weighted by molar-refractivity contribution is 5.85. The summed E-state index contributed by atoms with van der Waals surface area (Å²) in [5.74, 6) is 5.26. The first-order valence-corrected chi connectivity index (χ1v) is 4.26. The van der Waals surface area contributed by atoms with Crippen LogP contribution < -0.4 is 11.3 Å². The second kappa shape index (κ2) is 4.92. The summed E-state index contributed by atoms with van der Waals surface area (Å²) in [6.07, 6.45) is 0. The Labute approximate surface area is 92.4 Å². The van der Waals surface area contributed by atoms with E-state index >= 15 is 0 Å². The molecular weight excluding hydrogens is 218 g/mol. The predicted molar refractivity (Wildman–Crippen MR) is 59.7 cm³/mol. The molecule has 0 saturated carbocycles. The second-order valence-corrected chi connectivity index (χ2v) is 2.88. The Morgan fingerprint density at radius 1 is 1.47 bits per heavy atom. The number of fused-ring (bicyclic) bond motifs is 1. The monoisotopic (exact) mass is 229 g/mol. The number of anilines is 1. The number of aliphatic hydroxyl groups excluding tert-OH is 1. The number of nitrogens with one attached hydrogen (secondary N) is 1. The molecule has 1 heterocycles. The molecule has 4 N–H and O–H groups in total. The second-order valence-electron chi connectivity index (χ2n) is 2.88. The van der Waals surface area contributed by atoms with Crippen molar-refractivity contribution < 1.29 is 5.11 Å². The fourth-order valence-electron chi connectivity index (χ4n) is 1.32.